The van der Waals surface area contributed by atoms with E-state index in [1.54, 1.807) is 0 Å². The van der Waals surface area contributed by atoms with Gasteiger partial charge in [0.15, 0.2) is 0 Å². The van der Waals surface area contributed by atoms with Gasteiger partial charge in [0.1, 0.15) is 24.0 Å². The third-order valence-electron chi connectivity index (χ3n) is 1.55. The molecule has 0 heterocycles. The molecule has 0 aromatic rings. The van der Waals surface area contributed by atoms with Gasteiger partial charge in [-0.1, -0.05) is 50.5 Å². The molecule has 0 aliphatic rings. The van der Waals surface area contributed by atoms with Gasteiger partial charge in [-0.15, -0.1) is 0 Å². The normalized spacial score (nSPS) is 15.1. The molecule has 0 saturated carbocycles. The molecule has 0 aromatic heterocycles. The Morgan fingerprint density at radius 1 is 1.14 bits per heavy atom. The van der Waals surface area contributed by atoms with Crippen LogP contribution in [0.4, 0.5) is 0 Å². The summed E-state index contributed by atoms with van der Waals surface area (Å²) < 4.78 is 2.32. The van der Waals surface area contributed by atoms with E-state index in [4.69, 9.17) is 16.8 Å². The van der Waals surface area contributed by atoms with Gasteiger partial charge in [-0.25, -0.2) is 0 Å². The first kappa shape index (κ1) is 14.4. The maximum Gasteiger partial charge on any atom is 0.142 e. The Bertz CT molecular complexity index is 229. The van der Waals surface area contributed by atoms with Crippen LogP contribution < -0.4 is 0 Å². The number of hydrogen-bond donors (Lipinski definition) is 0. The van der Waals surface area contributed by atoms with Gasteiger partial charge in [0.05, 0.1) is 0 Å². The highest BCUT2D eigenvalue weighted by atomic mass is 35.7. The van der Waals surface area contributed by atoms with Crippen molar-refractivity contribution in [1.29, 1.82) is 0 Å². The van der Waals surface area contributed by atoms with E-state index >= 15 is 0 Å². The minimum atomic E-state index is -1.50. The Morgan fingerprint density at radius 2 is 1.50 bits per heavy atom. The summed E-state index contributed by atoms with van der Waals surface area (Å²) in [6.45, 7) is 13.4. The fourth-order valence-electron chi connectivity index (χ4n) is 1.57. The molecule has 1 unspecified atom stereocenters. The van der Waals surface area contributed by atoms with Crippen LogP contribution in [-0.2, 0) is 0 Å². The highest BCUT2D eigenvalue weighted by molar-refractivity contribution is 7.83. The third-order valence-corrected chi connectivity index (χ3v) is 14.8. The molecule has 0 rings (SSSR count). The maximum atomic E-state index is 8.41. The van der Waals surface area contributed by atoms with Crippen molar-refractivity contribution in [3.05, 3.63) is 10.4 Å². The second-order valence-electron chi connectivity index (χ2n) is 5.07. The summed E-state index contributed by atoms with van der Waals surface area (Å²) in [5.74, 6) is 0. The zero-order valence-electron chi connectivity index (χ0n) is 9.61. The lowest BCUT2D eigenvalue weighted by molar-refractivity contribution is 0.978. The first-order valence-electron chi connectivity index (χ1n) is 4.42. The van der Waals surface area contributed by atoms with Crippen LogP contribution in [0.5, 0.6) is 0 Å². The Kier molecular flexibility index (Phi) is 5.12. The molecule has 0 aliphatic heterocycles. The lowest BCUT2D eigenvalue weighted by Crippen LogP contribution is -2.54. The largest absolute Gasteiger partial charge is 0.307 e. The number of halogens is 1. The van der Waals surface area contributed by atoms with Crippen molar-refractivity contribution >= 4 is 35.3 Å². The highest BCUT2D eigenvalue weighted by Gasteiger charge is 2.38. The number of nitrogens with zero attached hydrogens (tertiary/aromatic N) is 4. The van der Waals surface area contributed by atoms with E-state index in [0.717, 1.165) is 0 Å². The quantitative estimate of drug-likeness (QED) is 0.239. The predicted octanol–water partition coefficient (Wildman–Crippen LogP) is 4.73. The third kappa shape index (κ3) is 4.30. The van der Waals surface area contributed by atoms with E-state index in [1.807, 2.05) is 0 Å². The number of azide groups is 1. The molecule has 0 amide bonds. The summed E-state index contributed by atoms with van der Waals surface area (Å²) in [5, 5.41) is 0. The van der Waals surface area contributed by atoms with Gasteiger partial charge in [0.25, 0.3) is 0 Å². The zero-order valence-corrected chi connectivity index (χ0v) is 13.3. The molecule has 0 N–H and O–H groups in total. The van der Waals surface area contributed by atoms with Crippen molar-refractivity contribution < 1.29 is 0 Å². The van der Waals surface area contributed by atoms with Crippen LogP contribution in [0.1, 0.15) is 0 Å². The lowest BCUT2D eigenvalue weighted by Gasteiger charge is -2.44. The van der Waals surface area contributed by atoms with E-state index in [0.29, 0.717) is 0 Å². The molecule has 0 spiro atoms. The Hall–Kier alpha value is 0.424. The van der Waals surface area contributed by atoms with Crippen molar-refractivity contribution in [3.63, 3.8) is 0 Å². The molecule has 0 aromatic carbocycles. The number of hydrogen-bond acceptors (Lipinski definition) is 2. The summed E-state index contributed by atoms with van der Waals surface area (Å²) in [6.07, 6.45) is 0. The molecule has 0 fully saturated rings. The van der Waals surface area contributed by atoms with Gasteiger partial charge >= 0.3 is 0 Å². The summed E-state index contributed by atoms with van der Waals surface area (Å²) in [6, 6.07) is 0. The van der Waals surface area contributed by atoms with Crippen molar-refractivity contribution in [2.24, 2.45) is 4.88 Å². The molecule has 0 saturated heterocycles. The maximum absolute atomic E-state index is 8.41. The van der Waals surface area contributed by atoms with E-state index in [2.05, 4.69) is 53.1 Å². The first-order chi connectivity index (χ1) is 6.10. The molecule has 82 valence electrons. The smallest absolute Gasteiger partial charge is 0.142 e. The fourth-order valence-corrected chi connectivity index (χ4v) is 18.1. The van der Waals surface area contributed by atoms with Crippen molar-refractivity contribution in [2.75, 3.05) is 0 Å². The van der Waals surface area contributed by atoms with Crippen molar-refractivity contribution in [1.82, 2.24) is 4.00 Å². The van der Waals surface area contributed by atoms with Crippen LogP contribution >= 0.6 is 18.8 Å². The van der Waals surface area contributed by atoms with E-state index in [9.17, 15) is 0 Å². The molecule has 0 aliphatic carbocycles. The van der Waals surface area contributed by atoms with Gasteiger partial charge in [-0.3, -0.25) is 0 Å². The minimum Gasteiger partial charge on any atom is -0.307 e. The van der Waals surface area contributed by atoms with Crippen LogP contribution in [0.2, 0.25) is 39.3 Å². The molecule has 0 bridgehead atoms. The highest BCUT2D eigenvalue weighted by Crippen LogP contribution is 2.52. The van der Waals surface area contributed by atoms with Gasteiger partial charge < -0.3 is 4.00 Å². The summed E-state index contributed by atoms with van der Waals surface area (Å²) in [7, 11) is -4.17. The van der Waals surface area contributed by atoms with Crippen LogP contribution in [0.15, 0.2) is 4.88 Å². The van der Waals surface area contributed by atoms with E-state index in [-0.39, 0.29) is 0 Å². The average molecular weight is 269 g/mol. The van der Waals surface area contributed by atoms with Crippen LogP contribution in [0.3, 0.4) is 0 Å². The zero-order chi connectivity index (χ0) is 11.6. The van der Waals surface area contributed by atoms with Gasteiger partial charge in [-0.2, -0.15) is 0 Å². The summed E-state index contributed by atoms with van der Waals surface area (Å²) in [4.78, 5) is 6.47. The second kappa shape index (κ2) is 4.97. The van der Waals surface area contributed by atoms with Crippen LogP contribution in [0.25, 0.3) is 10.4 Å². The Labute approximate surface area is 94.1 Å². The average Bonchev–Trinajstić information content (AvgIpc) is 1.78. The standard InChI is InChI=1S/C6H18ClN4PSi2/c1-13(2,3)11(14(4,5)6)12(7)10-9-8/h1-6H3. The number of rotatable bonds is 4. The Morgan fingerprint density at radius 3 is 1.71 bits per heavy atom. The summed E-state index contributed by atoms with van der Waals surface area (Å²) >= 11 is 6.16. The first-order valence-corrected chi connectivity index (χ1v) is 13.5. The molecular formula is C6H18ClN4PSi2. The SMILES string of the molecule is C[Si](C)(C)N(P(Cl)N=[N+]=[N-])[Si](C)(C)C. The second-order valence-corrected chi connectivity index (χ2v) is 17.8. The Balaban J connectivity index is 5.02. The van der Waals surface area contributed by atoms with Gasteiger partial charge in [0, 0.05) is 4.91 Å². The molecular weight excluding hydrogens is 251 g/mol. The molecule has 4 nitrogen and oxygen atoms in total. The minimum absolute atomic E-state index is 1.18. The van der Waals surface area contributed by atoms with Crippen molar-refractivity contribution in [3.8, 4) is 0 Å². The molecule has 14 heavy (non-hydrogen) atoms. The topological polar surface area (TPSA) is 52.0 Å². The summed E-state index contributed by atoms with van der Waals surface area (Å²) in [5.41, 5.74) is 8.41. The monoisotopic (exact) mass is 268 g/mol. The van der Waals surface area contributed by atoms with E-state index < -0.39 is 24.0 Å². The predicted molar refractivity (Wildman–Crippen MR) is 70.5 cm³/mol. The van der Waals surface area contributed by atoms with Crippen LogP contribution in [-0.4, -0.2) is 20.5 Å². The van der Waals surface area contributed by atoms with E-state index in [1.165, 1.54) is 0 Å². The van der Waals surface area contributed by atoms with Crippen LogP contribution in [0, 0.1) is 0 Å². The van der Waals surface area contributed by atoms with Gasteiger partial charge in [0.2, 0.25) is 0 Å². The van der Waals surface area contributed by atoms with Crippen molar-refractivity contribution in [2.45, 2.75) is 39.3 Å². The molecule has 0 radical (unpaired) electrons. The molecule has 1 atom stereocenters. The lowest BCUT2D eigenvalue weighted by atomic mass is 11.8. The molecule has 8 heteroatoms. The van der Waals surface area contributed by atoms with Gasteiger partial charge in [-0.05, 0) is 10.4 Å². The fraction of sp³-hybridized carbons (Fsp3) is 1.00.